The first-order valence-corrected chi connectivity index (χ1v) is 12.1. The Morgan fingerprint density at radius 1 is 1.19 bits per heavy atom. The molecule has 1 N–H and O–H groups in total. The summed E-state index contributed by atoms with van der Waals surface area (Å²) in [4.78, 5) is 12.4. The highest BCUT2D eigenvalue weighted by atomic mass is 32.2. The lowest BCUT2D eigenvalue weighted by Gasteiger charge is -2.26. The van der Waals surface area contributed by atoms with Gasteiger partial charge in [0.25, 0.3) is 0 Å². The lowest BCUT2D eigenvalue weighted by molar-refractivity contribution is -0.113. The Kier molecular flexibility index (Phi) is 7.05. The number of rotatable bonds is 7. The SMILES string of the molecule is COc1ccc(NC(=O)CSC2CCCC2)cc1S(=O)(=O)N1CCCCC1. The van der Waals surface area contributed by atoms with E-state index in [0.717, 1.165) is 19.3 Å². The normalized spacial score (nSPS) is 19.1. The summed E-state index contributed by atoms with van der Waals surface area (Å²) < 4.78 is 32.9. The minimum atomic E-state index is -3.64. The van der Waals surface area contributed by atoms with E-state index in [2.05, 4.69) is 5.32 Å². The van der Waals surface area contributed by atoms with Crippen LogP contribution in [0.15, 0.2) is 23.1 Å². The molecular weight excluding hydrogens is 384 g/mol. The number of ether oxygens (including phenoxy) is 1. The first kappa shape index (κ1) is 20.5. The van der Waals surface area contributed by atoms with Crippen LogP contribution in [0, 0.1) is 0 Å². The summed E-state index contributed by atoms with van der Waals surface area (Å²) in [6.45, 7) is 1.06. The van der Waals surface area contributed by atoms with E-state index in [0.29, 0.717) is 35.5 Å². The van der Waals surface area contributed by atoms with Gasteiger partial charge < -0.3 is 10.1 Å². The second-order valence-electron chi connectivity index (χ2n) is 7.10. The van der Waals surface area contributed by atoms with E-state index in [-0.39, 0.29) is 10.8 Å². The predicted molar refractivity (Wildman–Crippen MR) is 109 cm³/mol. The molecule has 1 amide bonds. The largest absolute Gasteiger partial charge is 0.495 e. The van der Waals surface area contributed by atoms with Gasteiger partial charge in [-0.05, 0) is 43.9 Å². The van der Waals surface area contributed by atoms with Gasteiger partial charge in [0.2, 0.25) is 15.9 Å². The third kappa shape index (κ3) is 5.18. The summed E-state index contributed by atoms with van der Waals surface area (Å²) in [6.07, 6.45) is 7.65. The van der Waals surface area contributed by atoms with Crippen molar-refractivity contribution in [3.63, 3.8) is 0 Å². The van der Waals surface area contributed by atoms with Crippen molar-refractivity contribution in [3.8, 4) is 5.75 Å². The van der Waals surface area contributed by atoms with Crippen LogP contribution in [0.4, 0.5) is 5.69 Å². The number of sulfonamides is 1. The van der Waals surface area contributed by atoms with Crippen molar-refractivity contribution in [3.05, 3.63) is 18.2 Å². The smallest absolute Gasteiger partial charge is 0.246 e. The maximum atomic E-state index is 13.0. The fourth-order valence-corrected chi connectivity index (χ4v) is 6.47. The standard InChI is InChI=1S/C19H28N2O4S2/c1-25-17-10-9-15(20-19(22)14-26-16-7-3-4-8-16)13-18(17)27(23,24)21-11-5-2-6-12-21/h9-10,13,16H,2-8,11-12,14H2,1H3,(H,20,22). The first-order valence-electron chi connectivity index (χ1n) is 9.60. The van der Waals surface area contributed by atoms with Crippen molar-refractivity contribution in [2.75, 3.05) is 31.3 Å². The molecule has 0 spiro atoms. The van der Waals surface area contributed by atoms with Gasteiger partial charge in [0, 0.05) is 24.0 Å². The molecule has 1 aromatic carbocycles. The van der Waals surface area contributed by atoms with Gasteiger partial charge in [-0.3, -0.25) is 4.79 Å². The molecule has 2 aliphatic rings. The zero-order valence-corrected chi connectivity index (χ0v) is 17.4. The van der Waals surface area contributed by atoms with Crippen LogP contribution in [0.2, 0.25) is 0 Å². The van der Waals surface area contributed by atoms with E-state index in [1.165, 1.54) is 43.2 Å². The number of nitrogens with one attached hydrogen (secondary N) is 1. The highest BCUT2D eigenvalue weighted by molar-refractivity contribution is 8.00. The Hall–Kier alpha value is -1.25. The topological polar surface area (TPSA) is 75.7 Å². The van der Waals surface area contributed by atoms with Crippen LogP contribution in [-0.4, -0.2) is 49.8 Å². The quantitative estimate of drug-likeness (QED) is 0.742. The molecule has 1 aliphatic carbocycles. The van der Waals surface area contributed by atoms with Gasteiger partial charge in [-0.15, -0.1) is 11.8 Å². The predicted octanol–water partition coefficient (Wildman–Crippen LogP) is 3.48. The van der Waals surface area contributed by atoms with Crippen LogP contribution >= 0.6 is 11.8 Å². The number of carbonyl (C=O) groups excluding carboxylic acids is 1. The van der Waals surface area contributed by atoms with Gasteiger partial charge in [-0.1, -0.05) is 19.3 Å². The summed E-state index contributed by atoms with van der Waals surface area (Å²) >= 11 is 1.69. The molecule has 27 heavy (non-hydrogen) atoms. The zero-order valence-electron chi connectivity index (χ0n) is 15.8. The maximum absolute atomic E-state index is 13.0. The second kappa shape index (κ2) is 9.30. The molecule has 0 unspecified atom stereocenters. The number of benzene rings is 1. The van der Waals surface area contributed by atoms with Crippen LogP contribution in [0.1, 0.15) is 44.9 Å². The van der Waals surface area contributed by atoms with Crippen molar-refractivity contribution in [2.24, 2.45) is 0 Å². The van der Waals surface area contributed by atoms with Crippen molar-refractivity contribution in [1.29, 1.82) is 0 Å². The number of anilines is 1. The monoisotopic (exact) mass is 412 g/mol. The fourth-order valence-electron chi connectivity index (χ4n) is 3.65. The molecule has 1 aliphatic heterocycles. The molecule has 1 saturated carbocycles. The Morgan fingerprint density at radius 2 is 1.89 bits per heavy atom. The van der Waals surface area contributed by atoms with E-state index < -0.39 is 10.0 Å². The van der Waals surface area contributed by atoms with E-state index in [4.69, 9.17) is 4.74 Å². The summed E-state index contributed by atoms with van der Waals surface area (Å²) in [6, 6.07) is 4.81. The number of amides is 1. The molecule has 0 atom stereocenters. The average molecular weight is 413 g/mol. The third-order valence-electron chi connectivity index (χ3n) is 5.13. The maximum Gasteiger partial charge on any atom is 0.246 e. The Morgan fingerprint density at radius 3 is 2.56 bits per heavy atom. The van der Waals surface area contributed by atoms with Gasteiger partial charge in [0.15, 0.2) is 0 Å². The third-order valence-corrected chi connectivity index (χ3v) is 8.42. The van der Waals surface area contributed by atoms with E-state index in [1.807, 2.05) is 0 Å². The first-order chi connectivity index (χ1) is 13.0. The number of nitrogens with zero attached hydrogens (tertiary/aromatic N) is 1. The second-order valence-corrected chi connectivity index (χ2v) is 10.3. The number of thioether (sulfide) groups is 1. The van der Waals surface area contributed by atoms with E-state index >= 15 is 0 Å². The minimum absolute atomic E-state index is 0.0987. The molecule has 3 rings (SSSR count). The van der Waals surface area contributed by atoms with Crippen LogP contribution in [0.5, 0.6) is 5.75 Å². The molecular formula is C19H28N2O4S2. The summed E-state index contributed by atoms with van der Waals surface area (Å²) in [5, 5.41) is 3.41. The lowest BCUT2D eigenvalue weighted by atomic mass is 10.2. The Labute approximate surface area is 166 Å². The van der Waals surface area contributed by atoms with Crippen LogP contribution in [0.25, 0.3) is 0 Å². The van der Waals surface area contributed by atoms with Crippen LogP contribution in [0.3, 0.4) is 0 Å². The Balaban J connectivity index is 1.71. The fraction of sp³-hybridized carbons (Fsp3) is 0.632. The summed E-state index contributed by atoms with van der Waals surface area (Å²) in [5.74, 6) is 0.600. The van der Waals surface area contributed by atoms with Gasteiger partial charge in [0.1, 0.15) is 10.6 Å². The Bertz CT molecular complexity index is 755. The molecule has 2 fully saturated rings. The zero-order chi connectivity index (χ0) is 19.3. The van der Waals surface area contributed by atoms with Gasteiger partial charge in [-0.2, -0.15) is 4.31 Å². The summed E-state index contributed by atoms with van der Waals surface area (Å²) in [5.41, 5.74) is 0.489. The van der Waals surface area contributed by atoms with E-state index in [9.17, 15) is 13.2 Å². The lowest BCUT2D eigenvalue weighted by Crippen LogP contribution is -2.35. The highest BCUT2D eigenvalue weighted by Crippen LogP contribution is 2.32. The number of hydrogen-bond acceptors (Lipinski definition) is 5. The van der Waals surface area contributed by atoms with Crippen molar-refractivity contribution in [1.82, 2.24) is 4.31 Å². The number of piperidine rings is 1. The molecule has 1 aromatic rings. The van der Waals surface area contributed by atoms with Gasteiger partial charge in [-0.25, -0.2) is 8.42 Å². The molecule has 1 heterocycles. The molecule has 150 valence electrons. The number of methoxy groups -OCH3 is 1. The van der Waals surface area contributed by atoms with Crippen molar-refractivity contribution in [2.45, 2.75) is 55.1 Å². The molecule has 0 aromatic heterocycles. The van der Waals surface area contributed by atoms with Crippen molar-refractivity contribution < 1.29 is 17.9 Å². The van der Waals surface area contributed by atoms with E-state index in [1.54, 1.807) is 23.9 Å². The average Bonchev–Trinajstić information content (AvgIpc) is 3.21. The molecule has 0 bridgehead atoms. The van der Waals surface area contributed by atoms with Crippen molar-refractivity contribution >= 4 is 33.4 Å². The molecule has 0 radical (unpaired) electrons. The van der Waals surface area contributed by atoms with Gasteiger partial charge in [0.05, 0.1) is 12.9 Å². The highest BCUT2D eigenvalue weighted by Gasteiger charge is 2.29. The van der Waals surface area contributed by atoms with Gasteiger partial charge >= 0.3 is 0 Å². The summed E-state index contributed by atoms with van der Waals surface area (Å²) in [7, 11) is -2.18. The molecule has 6 nitrogen and oxygen atoms in total. The molecule has 1 saturated heterocycles. The number of carbonyl (C=O) groups is 1. The van der Waals surface area contributed by atoms with Crippen LogP contribution < -0.4 is 10.1 Å². The van der Waals surface area contributed by atoms with Crippen LogP contribution in [-0.2, 0) is 14.8 Å². The minimum Gasteiger partial charge on any atom is -0.495 e. The number of hydrogen-bond donors (Lipinski definition) is 1. The molecule has 8 heteroatoms.